The van der Waals surface area contributed by atoms with Crippen LogP contribution in [0.2, 0.25) is 0 Å². The molecule has 1 rings (SSSR count). The van der Waals surface area contributed by atoms with Gasteiger partial charge in [0.2, 0.25) is 0 Å². The van der Waals surface area contributed by atoms with Crippen molar-refractivity contribution < 1.29 is 18.3 Å². The Morgan fingerprint density at radius 1 is 1.22 bits per heavy atom. The van der Waals surface area contributed by atoms with Crippen LogP contribution in [0, 0.1) is 5.92 Å². The van der Waals surface area contributed by atoms with E-state index in [4.69, 9.17) is 4.74 Å². The number of aliphatic imine (C=N–C) groups is 1. The van der Waals surface area contributed by atoms with Crippen LogP contribution in [0.3, 0.4) is 0 Å². The van der Waals surface area contributed by atoms with E-state index in [1.54, 1.807) is 19.2 Å². The van der Waals surface area contributed by atoms with Crippen LogP contribution in [0.25, 0.3) is 0 Å². The minimum atomic E-state index is -2.88. The quantitative estimate of drug-likeness (QED) is 0.478. The second-order valence-electron chi connectivity index (χ2n) is 6.91. The van der Waals surface area contributed by atoms with Gasteiger partial charge >= 0.3 is 6.61 Å². The predicted molar refractivity (Wildman–Crippen MR) is 105 cm³/mol. The molecule has 0 fully saturated rings. The highest BCUT2D eigenvalue weighted by Gasteiger charge is 2.15. The van der Waals surface area contributed by atoms with Crippen molar-refractivity contribution in [2.45, 2.75) is 39.5 Å². The fourth-order valence-corrected chi connectivity index (χ4v) is 2.67. The molecule has 0 aliphatic heterocycles. The molecule has 0 aromatic heterocycles. The van der Waals surface area contributed by atoms with Crippen LogP contribution >= 0.6 is 0 Å². The number of nitrogens with one attached hydrogen (secondary N) is 2. The molecule has 0 heterocycles. The van der Waals surface area contributed by atoms with Crippen molar-refractivity contribution in [1.29, 1.82) is 0 Å². The van der Waals surface area contributed by atoms with Gasteiger partial charge in [-0.25, -0.2) is 0 Å². The molecule has 1 aromatic rings. The first kappa shape index (κ1) is 23.0. The molecule has 1 unspecified atom stereocenters. The summed E-state index contributed by atoms with van der Waals surface area (Å²) in [4.78, 5) is 6.38. The van der Waals surface area contributed by atoms with Crippen molar-refractivity contribution >= 4 is 5.96 Å². The zero-order valence-corrected chi connectivity index (χ0v) is 17.1. The van der Waals surface area contributed by atoms with Gasteiger partial charge in [-0.2, -0.15) is 8.78 Å². The van der Waals surface area contributed by atoms with Crippen LogP contribution in [-0.4, -0.2) is 58.3 Å². The first-order valence-electron chi connectivity index (χ1n) is 8.99. The zero-order valence-electron chi connectivity index (χ0n) is 17.1. The minimum Gasteiger partial charge on any atom is -0.497 e. The Bertz CT molecular complexity index is 595. The molecule has 0 saturated carbocycles. The van der Waals surface area contributed by atoms with Gasteiger partial charge in [-0.15, -0.1) is 0 Å². The molecule has 27 heavy (non-hydrogen) atoms. The number of hydrogen-bond acceptors (Lipinski definition) is 4. The molecule has 0 amide bonds. The Hall–Kier alpha value is -2.09. The molecule has 1 atom stereocenters. The second kappa shape index (κ2) is 11.6. The first-order valence-corrected chi connectivity index (χ1v) is 8.99. The lowest BCUT2D eigenvalue weighted by Gasteiger charge is -2.27. The summed E-state index contributed by atoms with van der Waals surface area (Å²) in [7, 11) is 7.30. The van der Waals surface area contributed by atoms with E-state index >= 15 is 0 Å². The lowest BCUT2D eigenvalue weighted by molar-refractivity contribution is -0.0504. The minimum absolute atomic E-state index is 0.111. The third kappa shape index (κ3) is 8.43. The lowest BCUT2D eigenvalue weighted by Crippen LogP contribution is -2.45. The van der Waals surface area contributed by atoms with Gasteiger partial charge < -0.3 is 25.0 Å². The molecule has 6 nitrogen and oxygen atoms in total. The van der Waals surface area contributed by atoms with Gasteiger partial charge in [0, 0.05) is 31.7 Å². The van der Waals surface area contributed by atoms with Gasteiger partial charge in [0.05, 0.1) is 7.11 Å². The Morgan fingerprint density at radius 2 is 1.93 bits per heavy atom. The molecular formula is C19H32F2N4O2. The van der Waals surface area contributed by atoms with Gasteiger partial charge in [-0.3, -0.25) is 4.99 Å². The third-order valence-electron chi connectivity index (χ3n) is 4.13. The van der Waals surface area contributed by atoms with Crippen molar-refractivity contribution in [2.75, 3.05) is 34.8 Å². The Labute approximate surface area is 160 Å². The highest BCUT2D eigenvalue weighted by atomic mass is 19.3. The summed E-state index contributed by atoms with van der Waals surface area (Å²) in [5.41, 5.74) is 0.559. The van der Waals surface area contributed by atoms with E-state index in [0.717, 1.165) is 13.0 Å². The number of methoxy groups -OCH3 is 1. The normalized spacial score (nSPS) is 13.2. The molecule has 0 radical (unpaired) electrons. The fraction of sp³-hybridized carbons (Fsp3) is 0.632. The second-order valence-corrected chi connectivity index (χ2v) is 6.91. The first-order chi connectivity index (χ1) is 12.8. The summed E-state index contributed by atoms with van der Waals surface area (Å²) in [6.45, 7) is 2.50. The van der Waals surface area contributed by atoms with Crippen LogP contribution in [0.4, 0.5) is 8.78 Å². The van der Waals surface area contributed by atoms with E-state index < -0.39 is 6.61 Å². The van der Waals surface area contributed by atoms with E-state index in [9.17, 15) is 8.78 Å². The number of ether oxygens (including phenoxy) is 2. The topological polar surface area (TPSA) is 58.1 Å². The number of rotatable bonds is 10. The molecule has 0 spiro atoms. The maximum Gasteiger partial charge on any atom is 0.387 e. The summed E-state index contributed by atoms with van der Waals surface area (Å²) in [6, 6.07) is 5.09. The lowest BCUT2D eigenvalue weighted by atomic mass is 10.0. The smallest absolute Gasteiger partial charge is 0.387 e. The average molecular weight is 386 g/mol. The van der Waals surface area contributed by atoms with Gasteiger partial charge in [-0.1, -0.05) is 13.8 Å². The summed E-state index contributed by atoms with van der Waals surface area (Å²) in [5.74, 6) is 1.86. The number of hydrogen-bond donors (Lipinski definition) is 2. The third-order valence-corrected chi connectivity index (χ3v) is 4.13. The van der Waals surface area contributed by atoms with E-state index in [1.165, 1.54) is 13.2 Å². The summed E-state index contributed by atoms with van der Waals surface area (Å²) in [5, 5.41) is 6.43. The van der Waals surface area contributed by atoms with E-state index in [0.29, 0.717) is 29.2 Å². The Morgan fingerprint density at radius 3 is 2.44 bits per heavy atom. The molecule has 0 aliphatic carbocycles. The standard InChI is InChI=1S/C19H32F2N4O2/c1-13(2)9-15(25(4)5)12-24-19(22-3)23-11-14-10-16(26-6)7-8-17(14)27-18(20)21/h7-8,10,13,15,18H,9,11-12H2,1-6H3,(H2,22,23,24). The van der Waals surface area contributed by atoms with Crippen molar-refractivity contribution in [3.05, 3.63) is 23.8 Å². The van der Waals surface area contributed by atoms with Crippen LogP contribution in [-0.2, 0) is 6.54 Å². The van der Waals surface area contributed by atoms with Crippen molar-refractivity contribution in [3.8, 4) is 11.5 Å². The number of nitrogens with zero attached hydrogens (tertiary/aromatic N) is 2. The van der Waals surface area contributed by atoms with Crippen LogP contribution in [0.5, 0.6) is 11.5 Å². The number of alkyl halides is 2. The van der Waals surface area contributed by atoms with E-state index in [-0.39, 0.29) is 12.3 Å². The summed E-state index contributed by atoms with van der Waals surface area (Å²) < 4.78 is 35.0. The number of likely N-dealkylation sites (N-methyl/N-ethyl adjacent to an activating group) is 1. The number of halogens is 2. The van der Waals surface area contributed by atoms with Crippen LogP contribution < -0.4 is 20.1 Å². The number of guanidine groups is 1. The number of benzene rings is 1. The highest BCUT2D eigenvalue weighted by Crippen LogP contribution is 2.25. The largest absolute Gasteiger partial charge is 0.497 e. The maximum absolute atomic E-state index is 12.6. The molecule has 154 valence electrons. The fourth-order valence-electron chi connectivity index (χ4n) is 2.67. The molecule has 2 N–H and O–H groups in total. The Kier molecular flexibility index (Phi) is 9.85. The van der Waals surface area contributed by atoms with Crippen molar-refractivity contribution in [3.63, 3.8) is 0 Å². The van der Waals surface area contributed by atoms with Gasteiger partial charge in [0.15, 0.2) is 5.96 Å². The van der Waals surface area contributed by atoms with E-state index in [1.807, 2.05) is 0 Å². The van der Waals surface area contributed by atoms with E-state index in [2.05, 4.69) is 53.2 Å². The highest BCUT2D eigenvalue weighted by molar-refractivity contribution is 5.79. The predicted octanol–water partition coefficient (Wildman–Crippen LogP) is 2.94. The van der Waals surface area contributed by atoms with Crippen molar-refractivity contribution in [2.24, 2.45) is 10.9 Å². The average Bonchev–Trinajstić information content (AvgIpc) is 2.60. The summed E-state index contributed by atoms with van der Waals surface area (Å²) in [6.07, 6.45) is 1.05. The molecule has 0 saturated heterocycles. The zero-order chi connectivity index (χ0) is 20.4. The monoisotopic (exact) mass is 386 g/mol. The van der Waals surface area contributed by atoms with Gasteiger partial charge in [-0.05, 0) is 44.6 Å². The summed E-state index contributed by atoms with van der Waals surface area (Å²) >= 11 is 0. The Balaban J connectivity index is 2.73. The van der Waals surface area contributed by atoms with Gasteiger partial charge in [0.25, 0.3) is 0 Å². The van der Waals surface area contributed by atoms with Crippen molar-refractivity contribution in [1.82, 2.24) is 15.5 Å². The van der Waals surface area contributed by atoms with Crippen LogP contribution in [0.1, 0.15) is 25.8 Å². The van der Waals surface area contributed by atoms with Gasteiger partial charge in [0.1, 0.15) is 11.5 Å². The maximum atomic E-state index is 12.6. The van der Waals surface area contributed by atoms with Crippen LogP contribution in [0.15, 0.2) is 23.2 Å². The molecule has 0 bridgehead atoms. The molecule has 8 heteroatoms. The molecule has 1 aromatic carbocycles. The molecule has 0 aliphatic rings. The molecular weight excluding hydrogens is 354 g/mol. The SMILES string of the molecule is CN=C(NCc1cc(OC)ccc1OC(F)F)NCC(CC(C)C)N(C)C.